The summed E-state index contributed by atoms with van der Waals surface area (Å²) in [5, 5.41) is 11.7. The molecule has 0 bridgehead atoms. The van der Waals surface area contributed by atoms with Gasteiger partial charge < -0.3 is 19.9 Å². The Balaban J connectivity index is 2.72. The highest BCUT2D eigenvalue weighted by atomic mass is 16.5. The van der Waals surface area contributed by atoms with Crippen LogP contribution in [-0.4, -0.2) is 30.8 Å². The molecular weight excluding hydrogens is 234 g/mol. The number of methoxy groups -OCH3 is 1. The van der Waals surface area contributed by atoms with Gasteiger partial charge in [-0.3, -0.25) is 4.79 Å². The van der Waals surface area contributed by atoms with Gasteiger partial charge in [0.1, 0.15) is 6.04 Å². The maximum atomic E-state index is 10.7. The summed E-state index contributed by atoms with van der Waals surface area (Å²) in [6.07, 6.45) is 0. The lowest BCUT2D eigenvalue weighted by atomic mass is 10.2. The van der Waals surface area contributed by atoms with Gasteiger partial charge in [-0.25, -0.2) is 0 Å². The minimum Gasteiger partial charge on any atom is -0.493 e. The third kappa shape index (κ3) is 3.92. The Morgan fingerprint density at radius 1 is 1.44 bits per heavy atom. The number of nitrogens with one attached hydrogen (secondary N) is 1. The second-order valence-corrected chi connectivity index (χ2v) is 3.86. The molecular formula is C13H19NO4. The van der Waals surface area contributed by atoms with Crippen LogP contribution in [0, 0.1) is 0 Å². The van der Waals surface area contributed by atoms with Gasteiger partial charge in [-0.05, 0) is 31.5 Å². The lowest BCUT2D eigenvalue weighted by Gasteiger charge is -2.13. The van der Waals surface area contributed by atoms with Crippen LogP contribution in [0.1, 0.15) is 19.4 Å². The van der Waals surface area contributed by atoms with Crippen molar-refractivity contribution in [2.75, 3.05) is 13.7 Å². The van der Waals surface area contributed by atoms with E-state index >= 15 is 0 Å². The Kier molecular flexibility index (Phi) is 5.45. The quantitative estimate of drug-likeness (QED) is 0.773. The summed E-state index contributed by atoms with van der Waals surface area (Å²) in [5.41, 5.74) is 0.951. The number of hydrogen-bond donors (Lipinski definition) is 2. The van der Waals surface area contributed by atoms with E-state index in [1.807, 2.05) is 25.1 Å². The molecule has 0 saturated carbocycles. The van der Waals surface area contributed by atoms with Crippen molar-refractivity contribution in [1.29, 1.82) is 0 Å². The van der Waals surface area contributed by atoms with Crippen molar-refractivity contribution >= 4 is 5.97 Å². The highest BCUT2D eigenvalue weighted by molar-refractivity contribution is 5.72. The van der Waals surface area contributed by atoms with E-state index in [-0.39, 0.29) is 0 Å². The molecule has 0 fully saturated rings. The van der Waals surface area contributed by atoms with Crippen molar-refractivity contribution < 1.29 is 19.4 Å². The predicted molar refractivity (Wildman–Crippen MR) is 68.1 cm³/mol. The van der Waals surface area contributed by atoms with Crippen molar-refractivity contribution in [2.24, 2.45) is 0 Å². The molecule has 0 aromatic heterocycles. The summed E-state index contributed by atoms with van der Waals surface area (Å²) in [4.78, 5) is 10.7. The van der Waals surface area contributed by atoms with E-state index in [2.05, 4.69) is 5.32 Å². The van der Waals surface area contributed by atoms with Crippen LogP contribution < -0.4 is 14.8 Å². The number of carboxylic acids is 1. The summed E-state index contributed by atoms with van der Waals surface area (Å²) in [6, 6.07) is 4.96. The number of benzene rings is 1. The van der Waals surface area contributed by atoms with Crippen LogP contribution in [0.3, 0.4) is 0 Å². The van der Waals surface area contributed by atoms with Gasteiger partial charge in [0.2, 0.25) is 0 Å². The molecule has 1 aromatic carbocycles. The maximum absolute atomic E-state index is 10.7. The molecule has 0 heterocycles. The number of ether oxygens (including phenoxy) is 2. The molecule has 2 N–H and O–H groups in total. The Bertz CT molecular complexity index is 406. The number of rotatable bonds is 7. The van der Waals surface area contributed by atoms with Crippen LogP contribution in [0.2, 0.25) is 0 Å². The zero-order chi connectivity index (χ0) is 13.5. The Hall–Kier alpha value is -1.75. The van der Waals surface area contributed by atoms with Crippen LogP contribution in [-0.2, 0) is 11.3 Å². The first kappa shape index (κ1) is 14.3. The summed E-state index contributed by atoms with van der Waals surface area (Å²) in [6.45, 7) is 4.53. The minimum absolute atomic E-state index is 0.470. The standard InChI is InChI=1S/C13H19NO4/c1-4-18-12-7-10(5-6-11(12)17-3)8-14-9(2)13(15)16/h5-7,9,14H,4,8H2,1-3H3,(H,15,16). The Morgan fingerprint density at radius 2 is 2.17 bits per heavy atom. The Morgan fingerprint density at radius 3 is 2.72 bits per heavy atom. The molecule has 1 atom stereocenters. The van der Waals surface area contributed by atoms with Crippen molar-refractivity contribution in [3.63, 3.8) is 0 Å². The SMILES string of the molecule is CCOc1cc(CNC(C)C(=O)O)ccc1OC. The fourth-order valence-electron chi connectivity index (χ4n) is 1.46. The first-order valence-electron chi connectivity index (χ1n) is 5.84. The molecule has 5 nitrogen and oxygen atoms in total. The van der Waals surface area contributed by atoms with Crippen molar-refractivity contribution in [2.45, 2.75) is 26.4 Å². The molecule has 1 aromatic rings. The average Bonchev–Trinajstić information content (AvgIpc) is 2.36. The second-order valence-electron chi connectivity index (χ2n) is 3.86. The molecule has 0 amide bonds. The number of hydrogen-bond acceptors (Lipinski definition) is 4. The smallest absolute Gasteiger partial charge is 0.320 e. The second kappa shape index (κ2) is 6.86. The molecule has 100 valence electrons. The monoisotopic (exact) mass is 253 g/mol. The van der Waals surface area contributed by atoms with Crippen LogP contribution in [0.4, 0.5) is 0 Å². The Labute approximate surface area is 107 Å². The molecule has 5 heteroatoms. The fraction of sp³-hybridized carbons (Fsp3) is 0.462. The zero-order valence-electron chi connectivity index (χ0n) is 10.9. The van der Waals surface area contributed by atoms with Gasteiger partial charge >= 0.3 is 5.97 Å². The fourth-order valence-corrected chi connectivity index (χ4v) is 1.46. The van der Waals surface area contributed by atoms with Gasteiger partial charge in [0.25, 0.3) is 0 Å². The summed E-state index contributed by atoms with van der Waals surface area (Å²) < 4.78 is 10.6. The van der Waals surface area contributed by atoms with Gasteiger partial charge in [0.05, 0.1) is 13.7 Å². The van der Waals surface area contributed by atoms with E-state index in [1.165, 1.54) is 0 Å². The molecule has 0 aliphatic rings. The predicted octanol–water partition coefficient (Wildman–Crippen LogP) is 1.66. The topological polar surface area (TPSA) is 67.8 Å². The van der Waals surface area contributed by atoms with E-state index in [9.17, 15) is 4.79 Å². The van der Waals surface area contributed by atoms with Crippen LogP contribution in [0.5, 0.6) is 11.5 Å². The summed E-state index contributed by atoms with van der Waals surface area (Å²) in [5.74, 6) is 0.475. The third-order valence-electron chi connectivity index (χ3n) is 2.51. The van der Waals surface area contributed by atoms with Gasteiger partial charge in [-0.2, -0.15) is 0 Å². The van der Waals surface area contributed by atoms with E-state index in [1.54, 1.807) is 14.0 Å². The summed E-state index contributed by atoms with van der Waals surface area (Å²) >= 11 is 0. The lowest BCUT2D eigenvalue weighted by Crippen LogP contribution is -2.33. The van der Waals surface area contributed by atoms with Crippen molar-refractivity contribution in [3.05, 3.63) is 23.8 Å². The van der Waals surface area contributed by atoms with E-state index < -0.39 is 12.0 Å². The normalized spacial score (nSPS) is 11.9. The summed E-state index contributed by atoms with van der Waals surface area (Å²) in [7, 11) is 1.59. The van der Waals surface area contributed by atoms with E-state index in [0.717, 1.165) is 5.56 Å². The molecule has 0 radical (unpaired) electrons. The van der Waals surface area contributed by atoms with Crippen molar-refractivity contribution in [1.82, 2.24) is 5.32 Å². The van der Waals surface area contributed by atoms with Gasteiger partial charge in [-0.15, -0.1) is 0 Å². The first-order valence-corrected chi connectivity index (χ1v) is 5.84. The van der Waals surface area contributed by atoms with Gasteiger partial charge in [0, 0.05) is 6.54 Å². The van der Waals surface area contributed by atoms with Crippen LogP contribution >= 0.6 is 0 Å². The van der Waals surface area contributed by atoms with Crippen molar-refractivity contribution in [3.8, 4) is 11.5 Å². The molecule has 0 spiro atoms. The minimum atomic E-state index is -0.867. The van der Waals surface area contributed by atoms with Crippen LogP contribution in [0.15, 0.2) is 18.2 Å². The lowest BCUT2D eigenvalue weighted by molar-refractivity contribution is -0.139. The average molecular weight is 253 g/mol. The third-order valence-corrected chi connectivity index (χ3v) is 2.51. The largest absolute Gasteiger partial charge is 0.493 e. The molecule has 18 heavy (non-hydrogen) atoms. The van der Waals surface area contributed by atoms with Crippen LogP contribution in [0.25, 0.3) is 0 Å². The van der Waals surface area contributed by atoms with Gasteiger partial charge in [0.15, 0.2) is 11.5 Å². The number of carboxylic acid groups (broad SMARTS) is 1. The molecule has 0 aliphatic carbocycles. The molecule has 1 rings (SSSR count). The first-order chi connectivity index (χ1) is 8.58. The molecule has 0 aliphatic heterocycles. The zero-order valence-corrected chi connectivity index (χ0v) is 10.9. The van der Waals surface area contributed by atoms with E-state index in [0.29, 0.717) is 24.7 Å². The molecule has 0 saturated heterocycles. The van der Waals surface area contributed by atoms with Gasteiger partial charge in [-0.1, -0.05) is 6.07 Å². The van der Waals surface area contributed by atoms with E-state index in [4.69, 9.17) is 14.6 Å². The highest BCUT2D eigenvalue weighted by Gasteiger charge is 2.10. The number of carbonyl (C=O) groups is 1. The number of aliphatic carboxylic acids is 1. The maximum Gasteiger partial charge on any atom is 0.320 e. The molecule has 1 unspecified atom stereocenters. The highest BCUT2D eigenvalue weighted by Crippen LogP contribution is 2.27.